The fourth-order valence-corrected chi connectivity index (χ4v) is 6.03. The molecule has 0 spiro atoms. The number of benzene rings is 1. The molecule has 0 amide bonds. The highest BCUT2D eigenvalue weighted by molar-refractivity contribution is 5.26. The van der Waals surface area contributed by atoms with Crippen LogP contribution in [0.25, 0.3) is 0 Å². The Kier molecular flexibility index (Phi) is 8.65. The number of hydrogen-bond donors (Lipinski definition) is 0. The van der Waals surface area contributed by atoms with Crippen molar-refractivity contribution in [2.45, 2.75) is 116 Å². The Bertz CT molecular complexity index is 621. The van der Waals surface area contributed by atoms with Crippen LogP contribution in [0.1, 0.15) is 121 Å². The molecule has 160 valence electrons. The van der Waals surface area contributed by atoms with Crippen LogP contribution in [0.2, 0.25) is 0 Å². The molecule has 0 aromatic heterocycles. The first kappa shape index (κ1) is 22.4. The molecule has 0 heterocycles. The predicted octanol–water partition coefficient (Wildman–Crippen LogP) is 8.58. The molecule has 2 fully saturated rings. The van der Waals surface area contributed by atoms with Crippen LogP contribution in [0.5, 0.6) is 0 Å². The number of hydrogen-bond acceptors (Lipinski definition) is 1. The van der Waals surface area contributed by atoms with Crippen molar-refractivity contribution in [2.75, 3.05) is 0 Å². The van der Waals surface area contributed by atoms with Gasteiger partial charge in [-0.1, -0.05) is 89.5 Å². The summed E-state index contributed by atoms with van der Waals surface area (Å²) in [4.78, 5) is 0. The average Bonchev–Trinajstić information content (AvgIpc) is 2.78. The topological polar surface area (TPSA) is 23.8 Å². The van der Waals surface area contributed by atoms with E-state index < -0.39 is 0 Å². The lowest BCUT2D eigenvalue weighted by atomic mass is 9.68. The second-order valence-corrected chi connectivity index (χ2v) is 10.2. The molecule has 0 aliphatic heterocycles. The maximum absolute atomic E-state index is 9.63. The Hall–Kier alpha value is -1.29. The molecule has 1 aromatic carbocycles. The number of nitrogens with zero attached hydrogens (tertiary/aromatic N) is 1. The summed E-state index contributed by atoms with van der Waals surface area (Å²) in [5.74, 6) is 2.66. The van der Waals surface area contributed by atoms with Crippen molar-refractivity contribution in [2.24, 2.45) is 17.3 Å². The van der Waals surface area contributed by atoms with Crippen molar-refractivity contribution in [1.29, 1.82) is 5.26 Å². The quantitative estimate of drug-likeness (QED) is 0.412. The van der Waals surface area contributed by atoms with E-state index >= 15 is 0 Å². The monoisotopic (exact) mass is 393 g/mol. The van der Waals surface area contributed by atoms with Gasteiger partial charge in [0.05, 0.1) is 11.5 Å². The van der Waals surface area contributed by atoms with E-state index in [4.69, 9.17) is 0 Å². The SMILES string of the molecule is CCCC[C@H]1CC[C@H](CCc2ccc(C3CCC(C#N)(CCC)CC3)cc2)CC1. The minimum Gasteiger partial charge on any atom is -0.198 e. The fraction of sp³-hybridized carbons (Fsp3) is 0.750. The van der Waals surface area contributed by atoms with Gasteiger partial charge in [0.2, 0.25) is 0 Å². The lowest BCUT2D eigenvalue weighted by Crippen LogP contribution is -2.25. The standard InChI is InChI=1S/C28H43N/c1-3-5-6-23-7-9-24(10-8-23)11-12-25-13-15-26(16-14-25)27-17-20-28(22-29,19-4-2)21-18-27/h13-16,23-24,27H,3-12,17-21H2,1-2H3/t23-,24-,27?,28?. The Morgan fingerprint density at radius 1 is 0.862 bits per heavy atom. The normalized spacial score (nSPS) is 30.0. The highest BCUT2D eigenvalue weighted by Gasteiger charge is 2.35. The van der Waals surface area contributed by atoms with Crippen LogP contribution < -0.4 is 0 Å². The number of nitriles is 1. The van der Waals surface area contributed by atoms with Gasteiger partial charge in [0.1, 0.15) is 0 Å². The van der Waals surface area contributed by atoms with Gasteiger partial charge in [0.25, 0.3) is 0 Å². The average molecular weight is 394 g/mol. The lowest BCUT2D eigenvalue weighted by Gasteiger charge is -2.35. The summed E-state index contributed by atoms with van der Waals surface area (Å²) in [5, 5.41) is 9.63. The molecule has 29 heavy (non-hydrogen) atoms. The summed E-state index contributed by atoms with van der Waals surface area (Å²) < 4.78 is 0. The van der Waals surface area contributed by atoms with Crippen LogP contribution in [0, 0.1) is 28.6 Å². The minimum absolute atomic E-state index is 0.0270. The smallest absolute Gasteiger partial charge is 0.0689 e. The Balaban J connectivity index is 1.41. The summed E-state index contributed by atoms with van der Waals surface area (Å²) in [6.45, 7) is 4.53. The molecule has 1 nitrogen and oxygen atoms in total. The maximum Gasteiger partial charge on any atom is 0.0689 e. The summed E-state index contributed by atoms with van der Waals surface area (Å²) in [6, 6.07) is 12.2. The Morgan fingerprint density at radius 2 is 1.48 bits per heavy atom. The summed E-state index contributed by atoms with van der Waals surface area (Å²) >= 11 is 0. The summed E-state index contributed by atoms with van der Waals surface area (Å²) in [6.07, 6.45) is 19.5. The van der Waals surface area contributed by atoms with Gasteiger partial charge in [-0.2, -0.15) is 5.26 Å². The Labute approximate surface area is 180 Å². The summed E-state index contributed by atoms with van der Waals surface area (Å²) in [7, 11) is 0. The van der Waals surface area contributed by atoms with Crippen molar-refractivity contribution in [1.82, 2.24) is 0 Å². The number of unbranched alkanes of at least 4 members (excludes halogenated alkanes) is 1. The zero-order valence-corrected chi connectivity index (χ0v) is 19.1. The van der Waals surface area contributed by atoms with Crippen LogP contribution in [-0.4, -0.2) is 0 Å². The van der Waals surface area contributed by atoms with Gasteiger partial charge in [-0.25, -0.2) is 0 Å². The molecule has 2 aliphatic rings. The molecule has 0 unspecified atom stereocenters. The fourth-order valence-electron chi connectivity index (χ4n) is 6.03. The molecule has 2 saturated carbocycles. The number of aryl methyl sites for hydroxylation is 1. The molecule has 0 atom stereocenters. The molecule has 0 radical (unpaired) electrons. The van der Waals surface area contributed by atoms with E-state index in [0.29, 0.717) is 5.92 Å². The van der Waals surface area contributed by atoms with Gasteiger partial charge in [-0.15, -0.1) is 0 Å². The first-order valence-corrected chi connectivity index (χ1v) is 12.7. The molecule has 0 N–H and O–H groups in total. The zero-order chi connectivity index (χ0) is 20.5. The van der Waals surface area contributed by atoms with E-state index in [-0.39, 0.29) is 5.41 Å². The van der Waals surface area contributed by atoms with Crippen LogP contribution in [0.4, 0.5) is 0 Å². The second kappa shape index (κ2) is 11.2. The van der Waals surface area contributed by atoms with Gasteiger partial charge in [0.15, 0.2) is 0 Å². The molecule has 0 bridgehead atoms. The van der Waals surface area contributed by atoms with Crippen molar-refractivity contribution >= 4 is 0 Å². The third-order valence-corrected chi connectivity index (χ3v) is 8.13. The van der Waals surface area contributed by atoms with E-state index in [1.807, 2.05) is 0 Å². The maximum atomic E-state index is 9.63. The molecule has 3 rings (SSSR count). The minimum atomic E-state index is -0.0270. The van der Waals surface area contributed by atoms with Crippen molar-refractivity contribution in [3.63, 3.8) is 0 Å². The van der Waals surface area contributed by atoms with Gasteiger partial charge in [0, 0.05) is 0 Å². The third kappa shape index (κ3) is 6.34. The first-order chi connectivity index (χ1) is 14.2. The number of rotatable bonds is 9. The largest absolute Gasteiger partial charge is 0.198 e. The molecular formula is C28H43N. The van der Waals surface area contributed by atoms with Crippen molar-refractivity contribution < 1.29 is 0 Å². The van der Waals surface area contributed by atoms with Gasteiger partial charge in [-0.05, 0) is 73.8 Å². The van der Waals surface area contributed by atoms with E-state index in [0.717, 1.165) is 37.5 Å². The van der Waals surface area contributed by atoms with Gasteiger partial charge in [-0.3, -0.25) is 0 Å². The third-order valence-electron chi connectivity index (χ3n) is 8.13. The zero-order valence-electron chi connectivity index (χ0n) is 19.1. The van der Waals surface area contributed by atoms with Crippen LogP contribution in [0.3, 0.4) is 0 Å². The second-order valence-electron chi connectivity index (χ2n) is 10.2. The van der Waals surface area contributed by atoms with Gasteiger partial charge >= 0.3 is 0 Å². The lowest BCUT2D eigenvalue weighted by molar-refractivity contribution is 0.228. The van der Waals surface area contributed by atoms with E-state index in [9.17, 15) is 5.26 Å². The molecule has 0 saturated heterocycles. The highest BCUT2D eigenvalue weighted by Crippen LogP contribution is 2.45. The van der Waals surface area contributed by atoms with E-state index in [1.54, 1.807) is 0 Å². The van der Waals surface area contributed by atoms with Crippen LogP contribution in [-0.2, 0) is 6.42 Å². The van der Waals surface area contributed by atoms with Crippen LogP contribution in [0.15, 0.2) is 24.3 Å². The van der Waals surface area contributed by atoms with Gasteiger partial charge < -0.3 is 0 Å². The van der Waals surface area contributed by atoms with E-state index in [2.05, 4.69) is 44.2 Å². The van der Waals surface area contributed by atoms with Crippen molar-refractivity contribution in [3.05, 3.63) is 35.4 Å². The predicted molar refractivity (Wildman–Crippen MR) is 124 cm³/mol. The molecule has 1 aromatic rings. The molecule has 1 heteroatoms. The van der Waals surface area contributed by atoms with Crippen LogP contribution >= 0.6 is 0 Å². The van der Waals surface area contributed by atoms with Crippen molar-refractivity contribution in [3.8, 4) is 6.07 Å². The molecule has 2 aliphatic carbocycles. The first-order valence-electron chi connectivity index (χ1n) is 12.7. The Morgan fingerprint density at radius 3 is 2.03 bits per heavy atom. The molecular weight excluding hydrogens is 350 g/mol. The highest BCUT2D eigenvalue weighted by atomic mass is 14.4. The summed E-state index contributed by atoms with van der Waals surface area (Å²) in [5.41, 5.74) is 3.00. The van der Waals surface area contributed by atoms with E-state index in [1.165, 1.54) is 81.8 Å².